The van der Waals surface area contributed by atoms with Gasteiger partial charge >= 0.3 is 0 Å². The van der Waals surface area contributed by atoms with Crippen LogP contribution in [-0.4, -0.2) is 40.8 Å². The quantitative estimate of drug-likeness (QED) is 0.818. The number of fused-ring (bicyclic) bond motifs is 1. The molecule has 2 N–H and O–H groups in total. The van der Waals surface area contributed by atoms with Crippen molar-refractivity contribution < 1.29 is 9.59 Å². The third kappa shape index (κ3) is 3.18. The molecule has 1 atom stereocenters. The molecule has 1 aromatic heterocycles. The van der Waals surface area contributed by atoms with Crippen LogP contribution in [0.2, 0.25) is 0 Å². The van der Waals surface area contributed by atoms with Crippen molar-refractivity contribution in [3.8, 4) is 17.3 Å². The molecule has 0 unspecified atom stereocenters. The minimum Gasteiger partial charge on any atom is -0.369 e. The van der Waals surface area contributed by atoms with Gasteiger partial charge in [0.05, 0.1) is 12.1 Å². The van der Waals surface area contributed by atoms with Gasteiger partial charge in [0.2, 0.25) is 11.8 Å². The average Bonchev–Trinajstić information content (AvgIpc) is 3.33. The summed E-state index contributed by atoms with van der Waals surface area (Å²) in [5, 5.41) is 9.27. The summed E-state index contributed by atoms with van der Waals surface area (Å²) >= 11 is 0. The number of hydrogen-bond donors (Lipinski definition) is 1. The van der Waals surface area contributed by atoms with Gasteiger partial charge in [0.25, 0.3) is 0 Å². The van der Waals surface area contributed by atoms with Crippen LogP contribution >= 0.6 is 0 Å². The minimum atomic E-state index is -0.418. The summed E-state index contributed by atoms with van der Waals surface area (Å²) in [4.78, 5) is 31.9. The number of likely N-dealkylation sites (tertiary alicyclic amines) is 1. The van der Waals surface area contributed by atoms with Crippen molar-refractivity contribution in [2.75, 3.05) is 18.0 Å². The van der Waals surface area contributed by atoms with E-state index in [1.807, 2.05) is 35.2 Å². The summed E-state index contributed by atoms with van der Waals surface area (Å²) in [6.07, 6.45) is 6.25. The molecule has 0 saturated carbocycles. The first-order chi connectivity index (χ1) is 13.6. The van der Waals surface area contributed by atoms with Crippen molar-refractivity contribution in [1.82, 2.24) is 9.88 Å². The Hall–Kier alpha value is -3.40. The Balaban J connectivity index is 1.66. The van der Waals surface area contributed by atoms with Gasteiger partial charge in [0, 0.05) is 25.0 Å². The summed E-state index contributed by atoms with van der Waals surface area (Å²) in [6, 6.07) is 9.33. The fraction of sp³-hybridized carbons (Fsp3) is 0.333. The molecule has 2 aromatic rings. The Labute approximate surface area is 163 Å². The van der Waals surface area contributed by atoms with E-state index in [0.717, 1.165) is 41.6 Å². The molecule has 7 nitrogen and oxygen atoms in total. The predicted molar refractivity (Wildman–Crippen MR) is 104 cm³/mol. The highest BCUT2D eigenvalue weighted by molar-refractivity contribution is 6.00. The number of hydrogen-bond acceptors (Lipinski definition) is 5. The lowest BCUT2D eigenvalue weighted by atomic mass is 9.97. The van der Waals surface area contributed by atoms with Crippen LogP contribution in [-0.2, 0) is 22.4 Å². The molecule has 0 spiro atoms. The third-order valence-electron chi connectivity index (χ3n) is 5.44. The highest BCUT2D eigenvalue weighted by atomic mass is 16.2. The Bertz CT molecular complexity index is 981. The largest absolute Gasteiger partial charge is 0.369 e. The second-order valence-electron chi connectivity index (χ2n) is 7.17. The maximum Gasteiger partial charge on any atom is 0.250 e. The van der Waals surface area contributed by atoms with Gasteiger partial charge in [-0.2, -0.15) is 5.26 Å². The molecular formula is C21H21N5O2. The minimum absolute atomic E-state index is 0.000837. The monoisotopic (exact) mass is 375 g/mol. The van der Waals surface area contributed by atoms with E-state index in [1.165, 1.54) is 0 Å². The van der Waals surface area contributed by atoms with E-state index in [9.17, 15) is 14.9 Å². The topological polar surface area (TPSA) is 103 Å². The van der Waals surface area contributed by atoms with Crippen molar-refractivity contribution >= 4 is 17.5 Å². The zero-order chi connectivity index (χ0) is 19.7. The lowest BCUT2D eigenvalue weighted by Crippen LogP contribution is -2.43. The number of rotatable bonds is 4. The number of pyridine rings is 1. The first-order valence-corrected chi connectivity index (χ1v) is 9.41. The average molecular weight is 375 g/mol. The van der Waals surface area contributed by atoms with E-state index in [4.69, 9.17) is 5.73 Å². The summed E-state index contributed by atoms with van der Waals surface area (Å²) in [5.41, 5.74) is 9.91. The number of carbonyl (C=O) groups excluding carboxylic acids is 2. The molecule has 0 radical (unpaired) electrons. The van der Waals surface area contributed by atoms with E-state index in [0.29, 0.717) is 18.8 Å². The maximum atomic E-state index is 13.1. The third-order valence-corrected chi connectivity index (χ3v) is 5.44. The van der Waals surface area contributed by atoms with E-state index in [2.05, 4.69) is 11.2 Å². The van der Waals surface area contributed by atoms with Gasteiger partial charge in [0.1, 0.15) is 6.04 Å². The van der Waals surface area contributed by atoms with Crippen LogP contribution in [0.1, 0.15) is 24.1 Å². The summed E-state index contributed by atoms with van der Waals surface area (Å²) in [6.45, 7) is 1.26. The van der Waals surface area contributed by atoms with Crippen molar-refractivity contribution in [3.05, 3.63) is 47.8 Å². The van der Waals surface area contributed by atoms with Crippen LogP contribution in [0.3, 0.4) is 0 Å². The number of anilines is 1. The second kappa shape index (κ2) is 7.31. The number of nitrogens with two attached hydrogens (primary N) is 1. The van der Waals surface area contributed by atoms with Gasteiger partial charge in [0.15, 0.2) is 6.19 Å². The van der Waals surface area contributed by atoms with Crippen LogP contribution in [0.4, 0.5) is 5.69 Å². The molecular weight excluding hydrogens is 354 g/mol. The smallest absolute Gasteiger partial charge is 0.250 e. The normalized spacial score (nSPS) is 18.0. The Morgan fingerprint density at radius 3 is 2.93 bits per heavy atom. The van der Waals surface area contributed by atoms with E-state index < -0.39 is 5.91 Å². The fourth-order valence-electron chi connectivity index (χ4n) is 4.18. The number of primary amides is 1. The molecule has 3 heterocycles. The lowest BCUT2D eigenvalue weighted by Gasteiger charge is -2.25. The number of nitrogens with zero attached hydrogens (tertiary/aromatic N) is 4. The summed E-state index contributed by atoms with van der Waals surface area (Å²) in [5.74, 6) is -0.419. The maximum absolute atomic E-state index is 13.1. The van der Waals surface area contributed by atoms with Gasteiger partial charge in [-0.3, -0.25) is 19.5 Å². The predicted octanol–water partition coefficient (Wildman–Crippen LogP) is 1.61. The van der Waals surface area contributed by atoms with Crippen LogP contribution in [0, 0.1) is 11.5 Å². The zero-order valence-corrected chi connectivity index (χ0v) is 15.5. The Morgan fingerprint density at radius 1 is 1.29 bits per heavy atom. The Kier molecular flexibility index (Phi) is 4.70. The lowest BCUT2D eigenvalue weighted by molar-refractivity contribution is -0.122. The first kappa shape index (κ1) is 18.0. The molecule has 28 heavy (non-hydrogen) atoms. The zero-order valence-electron chi connectivity index (χ0n) is 15.5. The van der Waals surface area contributed by atoms with Gasteiger partial charge in [-0.25, -0.2) is 0 Å². The number of nitriles is 1. The molecule has 2 amide bonds. The second-order valence-corrected chi connectivity index (χ2v) is 7.17. The van der Waals surface area contributed by atoms with E-state index >= 15 is 0 Å². The van der Waals surface area contributed by atoms with Gasteiger partial charge in [-0.15, -0.1) is 0 Å². The van der Waals surface area contributed by atoms with E-state index in [1.54, 1.807) is 11.1 Å². The molecule has 1 aromatic carbocycles. The number of benzene rings is 1. The van der Waals surface area contributed by atoms with E-state index in [-0.39, 0.29) is 18.4 Å². The standard InChI is InChI=1S/C21H21N5O2/c22-13-25-9-2-5-19(25)21(28)26-10-7-17-16(3-1-4-18(17)26)14-6-8-24-15(11-14)12-20(23)27/h1,3-4,6,8,11,19H,2,5,7,9-10,12H2,(H2,23,27)/t19-/m0/s1. The number of aromatic nitrogens is 1. The van der Waals surface area contributed by atoms with Gasteiger partial charge in [-0.05, 0) is 54.2 Å². The number of amides is 2. The van der Waals surface area contributed by atoms with Crippen molar-refractivity contribution in [2.45, 2.75) is 31.7 Å². The fourth-order valence-corrected chi connectivity index (χ4v) is 4.18. The molecule has 1 saturated heterocycles. The van der Waals surface area contributed by atoms with Crippen LogP contribution < -0.4 is 10.6 Å². The van der Waals surface area contributed by atoms with Crippen LogP contribution in [0.25, 0.3) is 11.1 Å². The van der Waals surface area contributed by atoms with Gasteiger partial charge < -0.3 is 10.6 Å². The summed E-state index contributed by atoms with van der Waals surface area (Å²) in [7, 11) is 0. The van der Waals surface area contributed by atoms with Gasteiger partial charge in [-0.1, -0.05) is 12.1 Å². The molecule has 7 heteroatoms. The molecule has 0 aliphatic carbocycles. The SMILES string of the molecule is N#CN1CCC[C@H]1C(=O)N1CCc2c(-c3ccnc(CC(N)=O)c3)cccc21. The molecule has 1 fully saturated rings. The van der Waals surface area contributed by atoms with Crippen LogP contribution in [0.5, 0.6) is 0 Å². The molecule has 2 aliphatic rings. The van der Waals surface area contributed by atoms with Crippen molar-refractivity contribution in [3.63, 3.8) is 0 Å². The molecule has 4 rings (SSSR count). The van der Waals surface area contributed by atoms with Crippen LogP contribution in [0.15, 0.2) is 36.5 Å². The highest BCUT2D eigenvalue weighted by Gasteiger charge is 2.36. The Morgan fingerprint density at radius 2 is 2.14 bits per heavy atom. The molecule has 2 aliphatic heterocycles. The van der Waals surface area contributed by atoms with Crippen molar-refractivity contribution in [2.24, 2.45) is 5.73 Å². The number of carbonyl (C=O) groups is 2. The summed E-state index contributed by atoms with van der Waals surface area (Å²) < 4.78 is 0. The molecule has 142 valence electrons. The van der Waals surface area contributed by atoms with Crippen molar-refractivity contribution in [1.29, 1.82) is 5.26 Å². The molecule has 0 bridgehead atoms. The first-order valence-electron chi connectivity index (χ1n) is 9.41. The highest BCUT2D eigenvalue weighted by Crippen LogP contribution is 2.37.